The fraction of sp³-hybridized carbons (Fsp3) is 0. The quantitative estimate of drug-likeness (QED) is 0.164. The zero-order valence-corrected chi connectivity index (χ0v) is 31.9. The van der Waals surface area contributed by atoms with Crippen LogP contribution in [-0.2, 0) is 0 Å². The number of rotatable bonds is 5. The molecule has 2 aliphatic heterocycles. The minimum atomic E-state index is -0.0497. The molecule has 1 aromatic heterocycles. The third-order valence-electron chi connectivity index (χ3n) is 11.8. The summed E-state index contributed by atoms with van der Waals surface area (Å²) in [6.07, 6.45) is 0. The predicted octanol–water partition coefficient (Wildman–Crippen LogP) is 11.3. The second-order valence-corrected chi connectivity index (χ2v) is 15.3. The van der Waals surface area contributed by atoms with Crippen LogP contribution in [0.5, 0.6) is 0 Å². The maximum Gasteiger partial charge on any atom is 0.252 e. The molecule has 0 aliphatic carbocycles. The van der Waals surface area contributed by atoms with Crippen LogP contribution in [0.4, 0.5) is 34.1 Å². The molecule has 0 fully saturated rings. The van der Waals surface area contributed by atoms with Crippen molar-refractivity contribution in [1.82, 2.24) is 15.0 Å². The first-order chi connectivity index (χ1) is 29.2. The van der Waals surface area contributed by atoms with Crippen molar-refractivity contribution in [2.24, 2.45) is 0 Å². The molecule has 0 spiro atoms. The van der Waals surface area contributed by atoms with E-state index in [1.165, 1.54) is 37.9 Å². The van der Waals surface area contributed by atoms with Crippen molar-refractivity contribution in [2.45, 2.75) is 0 Å². The van der Waals surface area contributed by atoms with E-state index in [-0.39, 0.29) is 6.71 Å². The number of anilines is 6. The van der Waals surface area contributed by atoms with E-state index in [4.69, 9.17) is 15.0 Å². The van der Waals surface area contributed by atoms with Gasteiger partial charge >= 0.3 is 0 Å². The van der Waals surface area contributed by atoms with E-state index in [0.29, 0.717) is 17.5 Å². The monoisotopic (exact) mass is 751 g/mol. The Morgan fingerprint density at radius 2 is 0.644 bits per heavy atom. The van der Waals surface area contributed by atoms with Gasteiger partial charge in [0.25, 0.3) is 6.71 Å². The number of hydrogen-bond donors (Lipinski definition) is 0. The lowest BCUT2D eigenvalue weighted by Gasteiger charge is -2.44. The van der Waals surface area contributed by atoms with Gasteiger partial charge in [-0.3, -0.25) is 0 Å². The third-order valence-corrected chi connectivity index (χ3v) is 11.8. The van der Waals surface area contributed by atoms with Gasteiger partial charge in [-0.25, -0.2) is 15.0 Å². The smallest absolute Gasteiger partial charge is 0.252 e. The van der Waals surface area contributed by atoms with Crippen LogP contribution < -0.4 is 26.2 Å². The predicted molar refractivity (Wildman–Crippen MR) is 245 cm³/mol. The van der Waals surface area contributed by atoms with Gasteiger partial charge in [0.2, 0.25) is 0 Å². The molecule has 0 atom stereocenters. The fourth-order valence-corrected chi connectivity index (χ4v) is 9.15. The molecule has 59 heavy (non-hydrogen) atoms. The normalized spacial score (nSPS) is 12.6. The Balaban J connectivity index is 1.22. The van der Waals surface area contributed by atoms with E-state index in [9.17, 15) is 0 Å². The molecule has 2 aliphatic rings. The van der Waals surface area contributed by atoms with Gasteiger partial charge in [-0.1, -0.05) is 158 Å². The Morgan fingerprint density at radius 1 is 0.305 bits per heavy atom. The van der Waals surface area contributed by atoms with Crippen molar-refractivity contribution in [1.29, 1.82) is 0 Å². The molecule has 0 bridgehead atoms. The van der Waals surface area contributed by atoms with Crippen molar-refractivity contribution in [2.75, 3.05) is 9.80 Å². The molecule has 0 saturated carbocycles. The average Bonchev–Trinajstić information content (AvgIpc) is 3.31. The SMILES string of the molecule is c1ccc(-c2nc(-c3ccccc3)nc(-c3cc4c5c(c3)N(c3ccccc3)c3cc6ccccc6cc3B5c3cc5ccccc5cc3N4c3ccccc3)n2)cc1. The van der Waals surface area contributed by atoms with Crippen molar-refractivity contribution in [3.63, 3.8) is 0 Å². The fourth-order valence-electron chi connectivity index (χ4n) is 9.15. The highest BCUT2D eigenvalue weighted by atomic mass is 15.2. The number of para-hydroxylation sites is 2. The minimum Gasteiger partial charge on any atom is -0.311 e. The van der Waals surface area contributed by atoms with Gasteiger partial charge in [0, 0.05) is 50.8 Å². The first-order valence-electron chi connectivity index (χ1n) is 20.1. The Kier molecular flexibility index (Phi) is 7.57. The van der Waals surface area contributed by atoms with Crippen molar-refractivity contribution in [3.8, 4) is 34.2 Å². The molecule has 0 saturated heterocycles. The minimum absolute atomic E-state index is 0.0497. The van der Waals surface area contributed by atoms with Gasteiger partial charge in [-0.2, -0.15) is 0 Å². The highest BCUT2D eigenvalue weighted by molar-refractivity contribution is 7.00. The van der Waals surface area contributed by atoms with E-state index in [0.717, 1.165) is 50.8 Å². The summed E-state index contributed by atoms with van der Waals surface area (Å²) in [5.74, 6) is 1.88. The molecule has 0 unspecified atom stereocenters. The van der Waals surface area contributed by atoms with Gasteiger partial charge in [-0.15, -0.1) is 0 Å². The van der Waals surface area contributed by atoms with E-state index in [1.54, 1.807) is 0 Å². The Morgan fingerprint density at radius 3 is 1.05 bits per heavy atom. The first kappa shape index (κ1) is 33.3. The molecule has 274 valence electrons. The number of benzene rings is 9. The lowest BCUT2D eigenvalue weighted by Crippen LogP contribution is -2.61. The molecule has 9 aromatic carbocycles. The van der Waals surface area contributed by atoms with E-state index in [2.05, 4.69) is 180 Å². The Hall–Kier alpha value is -7.83. The molecule has 6 heteroatoms. The van der Waals surface area contributed by atoms with Gasteiger partial charge in [0.15, 0.2) is 17.5 Å². The molecule has 3 heterocycles. The van der Waals surface area contributed by atoms with E-state index < -0.39 is 0 Å². The molecule has 0 radical (unpaired) electrons. The standard InChI is InChI=1S/C53H34BN5/c1-5-17-35(18-6-1)51-55-52(36-19-7-2-8-20-36)57-53(56-51)41-33-48-50-49(34-41)59(43-27-11-4-12-28-43)47-32-40-24-16-14-22-38(40)30-45(47)54(50)44-29-37-21-13-15-23-39(37)31-46(44)58(48)42-25-9-3-10-26-42/h1-34H. The molecular weight excluding hydrogens is 717 g/mol. The first-order valence-corrected chi connectivity index (χ1v) is 20.1. The molecule has 5 nitrogen and oxygen atoms in total. The van der Waals surface area contributed by atoms with Crippen LogP contribution in [-0.4, -0.2) is 21.7 Å². The van der Waals surface area contributed by atoms with Crippen LogP contribution >= 0.6 is 0 Å². The van der Waals surface area contributed by atoms with E-state index >= 15 is 0 Å². The number of fused-ring (bicyclic) bond motifs is 6. The maximum absolute atomic E-state index is 5.27. The Bertz CT molecular complexity index is 3020. The van der Waals surface area contributed by atoms with Crippen LogP contribution in [0.2, 0.25) is 0 Å². The van der Waals surface area contributed by atoms with Gasteiger partial charge in [-0.05, 0) is 86.5 Å². The number of aromatic nitrogens is 3. The zero-order chi connectivity index (χ0) is 38.9. The third kappa shape index (κ3) is 5.45. The lowest BCUT2D eigenvalue weighted by atomic mass is 9.33. The molecule has 10 aromatic rings. The molecule has 0 N–H and O–H groups in total. The summed E-state index contributed by atoms with van der Waals surface area (Å²) in [4.78, 5) is 20.5. The summed E-state index contributed by atoms with van der Waals surface area (Å²) in [5.41, 5.74) is 13.3. The zero-order valence-electron chi connectivity index (χ0n) is 31.9. The summed E-state index contributed by atoms with van der Waals surface area (Å²) >= 11 is 0. The topological polar surface area (TPSA) is 45.2 Å². The molecule has 0 amide bonds. The van der Waals surface area contributed by atoms with Crippen molar-refractivity contribution in [3.05, 3.63) is 206 Å². The summed E-state index contributed by atoms with van der Waals surface area (Å²) in [6, 6.07) is 73.6. The summed E-state index contributed by atoms with van der Waals surface area (Å²) < 4.78 is 0. The van der Waals surface area contributed by atoms with Crippen molar-refractivity contribution < 1.29 is 0 Å². The molecular formula is C53H34BN5. The van der Waals surface area contributed by atoms with Crippen molar-refractivity contribution >= 4 is 78.8 Å². The summed E-state index contributed by atoms with van der Waals surface area (Å²) in [7, 11) is 0. The average molecular weight is 752 g/mol. The van der Waals surface area contributed by atoms with Crippen LogP contribution in [0.3, 0.4) is 0 Å². The number of hydrogen-bond acceptors (Lipinski definition) is 5. The van der Waals surface area contributed by atoms with Crippen LogP contribution in [0.15, 0.2) is 206 Å². The highest BCUT2D eigenvalue weighted by Gasteiger charge is 2.44. The summed E-state index contributed by atoms with van der Waals surface area (Å²) in [5, 5.41) is 4.84. The number of nitrogens with zero attached hydrogens (tertiary/aromatic N) is 5. The molecule has 12 rings (SSSR count). The Labute approximate surface area is 342 Å². The van der Waals surface area contributed by atoms with Crippen LogP contribution in [0.25, 0.3) is 55.7 Å². The summed E-state index contributed by atoms with van der Waals surface area (Å²) in [6.45, 7) is -0.0497. The van der Waals surface area contributed by atoms with E-state index in [1.807, 2.05) is 36.4 Å². The second kappa shape index (κ2) is 13.4. The van der Waals surface area contributed by atoms with Crippen LogP contribution in [0, 0.1) is 0 Å². The lowest BCUT2D eigenvalue weighted by molar-refractivity contribution is 1.07. The van der Waals surface area contributed by atoms with Gasteiger partial charge in [0.1, 0.15) is 0 Å². The highest BCUT2D eigenvalue weighted by Crippen LogP contribution is 2.47. The second-order valence-electron chi connectivity index (χ2n) is 15.3. The largest absolute Gasteiger partial charge is 0.311 e. The van der Waals surface area contributed by atoms with Gasteiger partial charge in [0.05, 0.1) is 0 Å². The van der Waals surface area contributed by atoms with Crippen LogP contribution in [0.1, 0.15) is 0 Å². The van der Waals surface area contributed by atoms with Gasteiger partial charge < -0.3 is 9.80 Å². The maximum atomic E-state index is 5.27.